The summed E-state index contributed by atoms with van der Waals surface area (Å²) in [5.41, 5.74) is 0.874. The van der Waals surface area contributed by atoms with Crippen LogP contribution in [0.15, 0.2) is 36.7 Å². The third-order valence-corrected chi connectivity index (χ3v) is 5.36. The van der Waals surface area contributed by atoms with Crippen LogP contribution in [-0.2, 0) is 4.79 Å². The lowest BCUT2D eigenvalue weighted by Crippen LogP contribution is -2.42. The van der Waals surface area contributed by atoms with E-state index in [9.17, 15) is 9.59 Å². The van der Waals surface area contributed by atoms with E-state index in [4.69, 9.17) is 21.6 Å². The minimum atomic E-state index is -0.266. The van der Waals surface area contributed by atoms with E-state index >= 15 is 0 Å². The van der Waals surface area contributed by atoms with Gasteiger partial charge in [0.15, 0.2) is 0 Å². The second-order valence-corrected chi connectivity index (χ2v) is 7.46. The van der Waals surface area contributed by atoms with Crippen LogP contribution in [0.4, 0.5) is 10.5 Å². The summed E-state index contributed by atoms with van der Waals surface area (Å²) in [6.45, 7) is 1.91. The maximum atomic E-state index is 12.7. The van der Waals surface area contributed by atoms with Crippen LogP contribution in [-0.4, -0.2) is 70.5 Å². The monoisotopic (exact) mass is 426 g/mol. The maximum Gasteiger partial charge on any atom is 0.325 e. The Morgan fingerprint density at radius 1 is 1.20 bits per heavy atom. The van der Waals surface area contributed by atoms with Crippen LogP contribution >= 0.6 is 11.6 Å². The van der Waals surface area contributed by atoms with Crippen LogP contribution in [0.2, 0.25) is 5.02 Å². The average molecular weight is 427 g/mol. The number of nitrogens with zero attached hydrogens (tertiary/aromatic N) is 6. The number of amides is 3. The number of carbonyl (C=O) groups excluding carboxylic acids is 2. The molecule has 2 aliphatic heterocycles. The van der Waals surface area contributed by atoms with Crippen LogP contribution in [0.5, 0.6) is 5.88 Å². The predicted molar refractivity (Wildman–Crippen MR) is 108 cm³/mol. The van der Waals surface area contributed by atoms with E-state index in [1.54, 1.807) is 39.0 Å². The largest absolute Gasteiger partial charge is 0.470 e. The van der Waals surface area contributed by atoms with Crippen LogP contribution in [0, 0.1) is 11.3 Å². The van der Waals surface area contributed by atoms with Crippen molar-refractivity contribution in [2.24, 2.45) is 0 Å². The molecular weight excluding hydrogens is 408 g/mol. The van der Waals surface area contributed by atoms with Crippen molar-refractivity contribution < 1.29 is 14.3 Å². The Kier molecular flexibility index (Phi) is 5.68. The number of rotatable bonds is 5. The molecule has 10 heteroatoms. The van der Waals surface area contributed by atoms with Crippen molar-refractivity contribution in [3.8, 4) is 11.9 Å². The van der Waals surface area contributed by atoms with Gasteiger partial charge in [-0.3, -0.25) is 9.69 Å². The smallest absolute Gasteiger partial charge is 0.325 e. The highest BCUT2D eigenvalue weighted by atomic mass is 35.5. The van der Waals surface area contributed by atoms with Crippen LogP contribution < -0.4 is 9.64 Å². The third-order valence-electron chi connectivity index (χ3n) is 5.11. The summed E-state index contributed by atoms with van der Waals surface area (Å²) in [6.07, 6.45) is 3.24. The number of halogens is 1. The summed E-state index contributed by atoms with van der Waals surface area (Å²) in [4.78, 5) is 38.2. The average Bonchev–Trinajstić information content (AvgIpc) is 3.36. The SMILES string of the molecule is N#Cc1nccnc1OC1CCN(C(=O)CN2CCN(c3ccc(Cl)cc3)C2=O)C1. The summed E-state index contributed by atoms with van der Waals surface area (Å²) in [7, 11) is 0. The Bertz CT molecular complexity index is 993. The summed E-state index contributed by atoms with van der Waals surface area (Å²) >= 11 is 5.91. The highest BCUT2D eigenvalue weighted by Gasteiger charge is 2.34. The second kappa shape index (κ2) is 8.55. The zero-order valence-corrected chi connectivity index (χ0v) is 16.8. The van der Waals surface area contributed by atoms with Crippen molar-refractivity contribution >= 4 is 29.2 Å². The molecule has 0 bridgehead atoms. The van der Waals surface area contributed by atoms with Gasteiger partial charge in [0.25, 0.3) is 5.88 Å². The van der Waals surface area contributed by atoms with Crippen molar-refractivity contribution in [3.05, 3.63) is 47.4 Å². The number of aromatic nitrogens is 2. The van der Waals surface area contributed by atoms with Crippen LogP contribution in [0.3, 0.4) is 0 Å². The van der Waals surface area contributed by atoms with Gasteiger partial charge < -0.3 is 14.5 Å². The predicted octanol–water partition coefficient (Wildman–Crippen LogP) is 1.92. The first kappa shape index (κ1) is 19.9. The standard InChI is InChI=1S/C20H19ClN6O3/c21-14-1-3-15(4-2-14)27-10-9-26(20(27)29)13-18(28)25-8-5-16(12-25)30-19-17(11-22)23-6-7-24-19/h1-4,6-7,16H,5,8-10,12-13H2. The Hall–Kier alpha value is -3.38. The zero-order valence-electron chi connectivity index (χ0n) is 16.1. The first-order valence-corrected chi connectivity index (χ1v) is 9.90. The molecular formula is C20H19ClN6O3. The lowest BCUT2D eigenvalue weighted by Gasteiger charge is -2.22. The third kappa shape index (κ3) is 4.14. The van der Waals surface area contributed by atoms with Crippen molar-refractivity contribution in [3.63, 3.8) is 0 Å². The van der Waals surface area contributed by atoms with Gasteiger partial charge >= 0.3 is 6.03 Å². The topological polar surface area (TPSA) is 103 Å². The molecule has 0 radical (unpaired) electrons. The van der Waals surface area contributed by atoms with E-state index in [2.05, 4.69) is 9.97 Å². The van der Waals surface area contributed by atoms with Gasteiger partial charge in [0.05, 0.1) is 6.54 Å². The molecule has 4 rings (SSSR count). The summed E-state index contributed by atoms with van der Waals surface area (Å²) in [6, 6.07) is 8.79. The summed E-state index contributed by atoms with van der Waals surface area (Å²) in [5, 5.41) is 9.69. The van der Waals surface area contributed by atoms with E-state index in [0.717, 1.165) is 5.69 Å². The van der Waals surface area contributed by atoms with Gasteiger partial charge in [-0.1, -0.05) is 11.6 Å². The Labute approximate surface area is 178 Å². The van der Waals surface area contributed by atoms with Crippen LogP contribution in [0.25, 0.3) is 0 Å². The molecule has 0 spiro atoms. The van der Waals surface area contributed by atoms with E-state index in [-0.39, 0.29) is 36.2 Å². The number of hydrogen-bond donors (Lipinski definition) is 0. The van der Waals surface area contributed by atoms with Gasteiger partial charge in [0.1, 0.15) is 18.7 Å². The van der Waals surface area contributed by atoms with Crippen molar-refractivity contribution in [1.82, 2.24) is 19.8 Å². The zero-order chi connectivity index (χ0) is 21.1. The number of anilines is 1. The fraction of sp³-hybridized carbons (Fsp3) is 0.350. The number of hydrogen-bond acceptors (Lipinski definition) is 6. The number of nitriles is 1. The Balaban J connectivity index is 1.32. The lowest BCUT2D eigenvalue weighted by molar-refractivity contribution is -0.130. The number of carbonyl (C=O) groups is 2. The number of ether oxygens (including phenoxy) is 1. The van der Waals surface area contributed by atoms with E-state index in [1.165, 1.54) is 12.4 Å². The molecule has 2 aromatic rings. The molecule has 1 atom stereocenters. The highest BCUT2D eigenvalue weighted by molar-refractivity contribution is 6.30. The van der Waals surface area contributed by atoms with Crippen LogP contribution in [0.1, 0.15) is 12.1 Å². The van der Waals surface area contributed by atoms with Gasteiger partial charge in [-0.25, -0.2) is 14.8 Å². The van der Waals surface area contributed by atoms with Gasteiger partial charge in [-0.05, 0) is 24.3 Å². The molecule has 0 N–H and O–H groups in total. The first-order chi connectivity index (χ1) is 14.5. The molecule has 154 valence electrons. The minimum Gasteiger partial charge on any atom is -0.470 e. The van der Waals surface area contributed by atoms with Gasteiger partial charge in [-0.15, -0.1) is 0 Å². The molecule has 3 heterocycles. The first-order valence-electron chi connectivity index (χ1n) is 9.52. The van der Waals surface area contributed by atoms with Crippen molar-refractivity contribution in [2.75, 3.05) is 37.6 Å². The quantitative estimate of drug-likeness (QED) is 0.723. The molecule has 0 saturated carbocycles. The van der Waals surface area contributed by atoms with E-state index < -0.39 is 0 Å². The molecule has 3 amide bonds. The van der Waals surface area contributed by atoms with Gasteiger partial charge in [-0.2, -0.15) is 5.26 Å². The summed E-state index contributed by atoms with van der Waals surface area (Å²) in [5.74, 6) is 0.0414. The van der Waals surface area contributed by atoms with Crippen molar-refractivity contribution in [2.45, 2.75) is 12.5 Å². The molecule has 9 nitrogen and oxygen atoms in total. The molecule has 2 saturated heterocycles. The molecule has 1 aromatic carbocycles. The molecule has 2 aliphatic rings. The Morgan fingerprint density at radius 3 is 2.73 bits per heavy atom. The fourth-order valence-corrected chi connectivity index (χ4v) is 3.68. The second-order valence-electron chi connectivity index (χ2n) is 7.02. The maximum absolute atomic E-state index is 12.7. The summed E-state index contributed by atoms with van der Waals surface area (Å²) < 4.78 is 5.76. The lowest BCUT2D eigenvalue weighted by atomic mass is 10.3. The molecule has 0 aliphatic carbocycles. The van der Waals surface area contributed by atoms with Gasteiger partial charge in [0.2, 0.25) is 11.6 Å². The number of benzene rings is 1. The number of urea groups is 1. The Morgan fingerprint density at radius 2 is 1.97 bits per heavy atom. The molecule has 1 aromatic heterocycles. The molecule has 1 unspecified atom stereocenters. The normalized spacial score (nSPS) is 18.6. The van der Waals surface area contributed by atoms with E-state index in [1.807, 2.05) is 6.07 Å². The van der Waals surface area contributed by atoms with E-state index in [0.29, 0.717) is 37.6 Å². The van der Waals surface area contributed by atoms with Gasteiger partial charge in [0, 0.05) is 49.2 Å². The highest BCUT2D eigenvalue weighted by Crippen LogP contribution is 2.23. The molecule has 2 fully saturated rings. The minimum absolute atomic E-state index is 0.0181. The number of likely N-dealkylation sites (tertiary alicyclic amines) is 1. The molecule has 30 heavy (non-hydrogen) atoms. The fourth-order valence-electron chi connectivity index (χ4n) is 3.55. The van der Waals surface area contributed by atoms with Crippen molar-refractivity contribution in [1.29, 1.82) is 5.26 Å².